The second-order valence-electron chi connectivity index (χ2n) is 6.69. The van der Waals surface area contributed by atoms with Crippen molar-refractivity contribution in [3.63, 3.8) is 0 Å². The van der Waals surface area contributed by atoms with Gasteiger partial charge in [-0.3, -0.25) is 9.78 Å². The summed E-state index contributed by atoms with van der Waals surface area (Å²) in [5.41, 5.74) is 2.62. The molecule has 4 aromatic rings. The van der Waals surface area contributed by atoms with E-state index in [9.17, 15) is 4.79 Å². The normalized spacial score (nSPS) is 10.8. The highest BCUT2D eigenvalue weighted by Crippen LogP contribution is 2.19. The Morgan fingerprint density at radius 3 is 2.72 bits per heavy atom. The lowest BCUT2D eigenvalue weighted by atomic mass is 10.2. The summed E-state index contributed by atoms with van der Waals surface area (Å²) in [5, 5.41) is 7.54. The fourth-order valence-corrected chi connectivity index (χ4v) is 3.15. The number of hydrogen-bond donors (Lipinski definition) is 1. The summed E-state index contributed by atoms with van der Waals surface area (Å²) in [5.74, 6) is 0.741. The predicted octanol–water partition coefficient (Wildman–Crippen LogP) is 3.23. The molecule has 1 aromatic carbocycles. The SMILES string of the molecule is CN(CCc1ccccn1)c1ncccc1CNC(=O)c1onc2ccccc12. The van der Waals surface area contributed by atoms with Crippen LogP contribution in [0.2, 0.25) is 0 Å². The number of carbonyl (C=O) groups excluding carboxylic acids is 1. The van der Waals surface area contributed by atoms with Crippen LogP contribution in [0.3, 0.4) is 0 Å². The van der Waals surface area contributed by atoms with Crippen molar-refractivity contribution in [3.8, 4) is 0 Å². The van der Waals surface area contributed by atoms with E-state index in [0.717, 1.165) is 30.0 Å². The van der Waals surface area contributed by atoms with E-state index in [-0.39, 0.29) is 11.7 Å². The van der Waals surface area contributed by atoms with Crippen LogP contribution >= 0.6 is 0 Å². The Bertz CT molecular complexity index is 1110. The molecule has 7 heteroatoms. The first-order valence-corrected chi connectivity index (χ1v) is 9.40. The molecule has 0 aliphatic carbocycles. The third-order valence-electron chi connectivity index (χ3n) is 4.69. The third-order valence-corrected chi connectivity index (χ3v) is 4.69. The molecule has 4 rings (SSSR count). The quantitative estimate of drug-likeness (QED) is 0.524. The van der Waals surface area contributed by atoms with Gasteiger partial charge in [0, 0.05) is 50.2 Å². The molecule has 0 radical (unpaired) electrons. The van der Waals surface area contributed by atoms with E-state index in [1.165, 1.54) is 0 Å². The summed E-state index contributed by atoms with van der Waals surface area (Å²) in [4.78, 5) is 23.5. The number of amides is 1. The molecular weight excluding hydrogens is 366 g/mol. The Morgan fingerprint density at radius 2 is 1.86 bits per heavy atom. The Morgan fingerprint density at radius 1 is 1.03 bits per heavy atom. The molecule has 1 N–H and O–H groups in total. The maximum Gasteiger partial charge on any atom is 0.290 e. The molecule has 29 heavy (non-hydrogen) atoms. The van der Waals surface area contributed by atoms with Crippen molar-refractivity contribution < 1.29 is 9.32 Å². The van der Waals surface area contributed by atoms with Gasteiger partial charge in [0.1, 0.15) is 11.3 Å². The second-order valence-corrected chi connectivity index (χ2v) is 6.69. The molecular formula is C22H21N5O2. The van der Waals surface area contributed by atoms with Crippen LogP contribution in [-0.4, -0.2) is 34.6 Å². The number of nitrogens with zero attached hydrogens (tertiary/aromatic N) is 4. The Balaban J connectivity index is 1.43. The van der Waals surface area contributed by atoms with Gasteiger partial charge in [-0.05, 0) is 30.3 Å². The van der Waals surface area contributed by atoms with E-state index in [1.807, 2.05) is 61.6 Å². The summed E-state index contributed by atoms with van der Waals surface area (Å²) in [7, 11) is 1.99. The number of aromatic nitrogens is 3. The van der Waals surface area contributed by atoms with Crippen LogP contribution in [-0.2, 0) is 13.0 Å². The Kier molecular flexibility index (Phi) is 5.47. The predicted molar refractivity (Wildman–Crippen MR) is 111 cm³/mol. The van der Waals surface area contributed by atoms with Crippen molar-refractivity contribution in [1.29, 1.82) is 0 Å². The molecule has 0 aliphatic rings. The van der Waals surface area contributed by atoms with Crippen LogP contribution in [0.5, 0.6) is 0 Å². The van der Waals surface area contributed by atoms with Gasteiger partial charge in [-0.1, -0.05) is 29.4 Å². The summed E-state index contributed by atoms with van der Waals surface area (Å²) >= 11 is 0. The van der Waals surface area contributed by atoms with Gasteiger partial charge in [-0.15, -0.1) is 0 Å². The van der Waals surface area contributed by atoms with Crippen LogP contribution in [0.4, 0.5) is 5.82 Å². The standard InChI is InChI=1S/C22H21N5O2/c1-27(14-11-17-8-4-5-12-23-17)21-16(7-6-13-24-21)15-25-22(28)20-18-9-2-3-10-19(18)26-29-20/h2-10,12-13H,11,14-15H2,1H3,(H,25,28). The lowest BCUT2D eigenvalue weighted by Gasteiger charge is -2.21. The number of hydrogen-bond acceptors (Lipinski definition) is 6. The van der Waals surface area contributed by atoms with Gasteiger partial charge < -0.3 is 14.7 Å². The van der Waals surface area contributed by atoms with E-state index < -0.39 is 0 Å². The zero-order valence-electron chi connectivity index (χ0n) is 16.1. The van der Waals surface area contributed by atoms with Crippen molar-refractivity contribution in [2.45, 2.75) is 13.0 Å². The minimum atomic E-state index is -0.301. The lowest BCUT2D eigenvalue weighted by Crippen LogP contribution is -2.27. The van der Waals surface area contributed by atoms with Crippen molar-refractivity contribution in [3.05, 3.63) is 84.0 Å². The first-order valence-electron chi connectivity index (χ1n) is 9.40. The van der Waals surface area contributed by atoms with Gasteiger partial charge in [0.25, 0.3) is 5.91 Å². The Hall–Kier alpha value is -3.74. The minimum absolute atomic E-state index is 0.217. The zero-order valence-corrected chi connectivity index (χ0v) is 16.1. The van der Waals surface area contributed by atoms with Gasteiger partial charge in [-0.2, -0.15) is 0 Å². The highest BCUT2D eigenvalue weighted by molar-refractivity contribution is 6.03. The number of benzene rings is 1. The summed E-state index contributed by atoms with van der Waals surface area (Å²) in [6.45, 7) is 1.10. The highest BCUT2D eigenvalue weighted by Gasteiger charge is 2.17. The molecule has 0 saturated heterocycles. The fourth-order valence-electron chi connectivity index (χ4n) is 3.15. The maximum atomic E-state index is 12.6. The summed E-state index contributed by atoms with van der Waals surface area (Å²) < 4.78 is 5.24. The molecule has 146 valence electrons. The number of likely N-dealkylation sites (N-methyl/N-ethyl adjacent to an activating group) is 1. The minimum Gasteiger partial charge on any atom is -0.359 e. The van der Waals surface area contributed by atoms with Gasteiger partial charge in [0.05, 0.1) is 5.39 Å². The average molecular weight is 387 g/mol. The topological polar surface area (TPSA) is 84.2 Å². The summed E-state index contributed by atoms with van der Waals surface area (Å²) in [6.07, 6.45) is 4.36. The third kappa shape index (κ3) is 4.24. The molecule has 7 nitrogen and oxygen atoms in total. The maximum absolute atomic E-state index is 12.6. The molecule has 0 unspecified atom stereocenters. The highest BCUT2D eigenvalue weighted by atomic mass is 16.5. The van der Waals surface area contributed by atoms with Crippen LogP contribution in [0, 0.1) is 0 Å². The van der Waals surface area contributed by atoms with Gasteiger partial charge >= 0.3 is 0 Å². The number of carbonyl (C=O) groups is 1. The van der Waals surface area contributed by atoms with E-state index in [0.29, 0.717) is 17.4 Å². The van der Waals surface area contributed by atoms with Crippen LogP contribution in [0.25, 0.3) is 10.9 Å². The molecule has 0 spiro atoms. The summed E-state index contributed by atoms with van der Waals surface area (Å²) in [6, 6.07) is 17.1. The Labute approximate surface area is 168 Å². The molecule has 1 amide bonds. The molecule has 3 aromatic heterocycles. The van der Waals surface area contributed by atoms with Crippen molar-refractivity contribution in [2.75, 3.05) is 18.5 Å². The van der Waals surface area contributed by atoms with E-state index in [1.54, 1.807) is 12.4 Å². The molecule has 3 heterocycles. The van der Waals surface area contributed by atoms with E-state index >= 15 is 0 Å². The van der Waals surface area contributed by atoms with Crippen LogP contribution in [0.15, 0.2) is 71.5 Å². The monoisotopic (exact) mass is 387 g/mol. The molecule has 0 atom stereocenters. The number of fused-ring (bicyclic) bond motifs is 1. The van der Waals surface area contributed by atoms with Crippen LogP contribution < -0.4 is 10.2 Å². The van der Waals surface area contributed by atoms with Gasteiger partial charge in [0.2, 0.25) is 5.76 Å². The number of nitrogens with one attached hydrogen (secondary N) is 1. The zero-order chi connectivity index (χ0) is 20.1. The second kappa shape index (κ2) is 8.52. The van der Waals surface area contributed by atoms with Gasteiger partial charge in [-0.25, -0.2) is 4.98 Å². The lowest BCUT2D eigenvalue weighted by molar-refractivity contribution is 0.0916. The molecule has 0 aliphatic heterocycles. The van der Waals surface area contributed by atoms with Crippen molar-refractivity contribution in [2.24, 2.45) is 0 Å². The number of anilines is 1. The number of rotatable bonds is 7. The molecule has 0 fully saturated rings. The first kappa shape index (κ1) is 18.6. The fraction of sp³-hybridized carbons (Fsp3) is 0.182. The smallest absolute Gasteiger partial charge is 0.290 e. The van der Waals surface area contributed by atoms with Crippen LogP contribution in [0.1, 0.15) is 21.8 Å². The number of pyridine rings is 2. The van der Waals surface area contributed by atoms with Crippen molar-refractivity contribution in [1.82, 2.24) is 20.4 Å². The van der Waals surface area contributed by atoms with E-state index in [4.69, 9.17) is 4.52 Å². The van der Waals surface area contributed by atoms with Crippen molar-refractivity contribution >= 4 is 22.6 Å². The van der Waals surface area contributed by atoms with Gasteiger partial charge in [0.15, 0.2) is 0 Å². The molecule has 0 saturated carbocycles. The van der Waals surface area contributed by atoms with E-state index in [2.05, 4.69) is 25.3 Å². The molecule has 0 bridgehead atoms. The first-order chi connectivity index (χ1) is 14.2. The average Bonchev–Trinajstić information content (AvgIpc) is 3.21. The largest absolute Gasteiger partial charge is 0.359 e.